The molecular formula is C48H28N4OS. The molecule has 252 valence electrons. The summed E-state index contributed by atoms with van der Waals surface area (Å²) >= 11 is 1.74. The maximum Gasteiger partial charge on any atom is 0.162 e. The van der Waals surface area contributed by atoms with Gasteiger partial charge in [-0.15, -0.1) is 11.3 Å². The number of para-hydroxylation sites is 4. The second kappa shape index (κ2) is 11.2. The standard InChI is InChI=1S/C48H28N4OS/c1-4-15-29(16-5-1)43-42-44-46(33-22-11-13-25-37(33)52(44)31-19-8-3-9-20-31)54-48(42)50-47(49-43)35-23-14-26-39-40(35)34-27-28-38-41(45(34)53-39)32-21-10-12-24-36(32)51(38)30-17-6-2-7-18-30/h1-28H. The van der Waals surface area contributed by atoms with Crippen molar-refractivity contribution in [1.29, 1.82) is 0 Å². The van der Waals surface area contributed by atoms with Crippen LogP contribution in [0.1, 0.15) is 0 Å². The van der Waals surface area contributed by atoms with Crippen molar-refractivity contribution in [3.8, 4) is 34.0 Å². The summed E-state index contributed by atoms with van der Waals surface area (Å²) in [6.07, 6.45) is 0. The van der Waals surface area contributed by atoms with E-state index in [-0.39, 0.29) is 0 Å². The van der Waals surface area contributed by atoms with Gasteiger partial charge in [-0.05, 0) is 54.6 Å². The van der Waals surface area contributed by atoms with Crippen LogP contribution in [0.5, 0.6) is 0 Å². The Morgan fingerprint density at radius 3 is 1.87 bits per heavy atom. The molecule has 7 aromatic carbocycles. The molecule has 0 saturated heterocycles. The zero-order valence-electron chi connectivity index (χ0n) is 28.8. The van der Waals surface area contributed by atoms with Crippen LogP contribution in [0.4, 0.5) is 0 Å². The largest absolute Gasteiger partial charge is 0.455 e. The molecule has 5 heterocycles. The van der Waals surface area contributed by atoms with Gasteiger partial charge in [0.05, 0.1) is 43.2 Å². The number of thiophene rings is 1. The Labute approximate surface area is 312 Å². The Morgan fingerprint density at radius 2 is 1.11 bits per heavy atom. The summed E-state index contributed by atoms with van der Waals surface area (Å²) in [5.74, 6) is 0.681. The second-order valence-electron chi connectivity index (χ2n) is 13.7. The van der Waals surface area contributed by atoms with Gasteiger partial charge in [0.2, 0.25) is 0 Å². The lowest BCUT2D eigenvalue weighted by Crippen LogP contribution is -1.97. The number of aromatic nitrogens is 4. The fraction of sp³-hybridized carbons (Fsp3) is 0. The van der Waals surface area contributed by atoms with Crippen molar-refractivity contribution >= 4 is 86.4 Å². The topological polar surface area (TPSA) is 48.8 Å². The summed E-state index contributed by atoms with van der Waals surface area (Å²) in [5.41, 5.74) is 11.4. The minimum Gasteiger partial charge on any atom is -0.455 e. The van der Waals surface area contributed by atoms with E-state index >= 15 is 0 Å². The normalized spacial score (nSPS) is 12.1. The predicted molar refractivity (Wildman–Crippen MR) is 224 cm³/mol. The van der Waals surface area contributed by atoms with Crippen molar-refractivity contribution in [1.82, 2.24) is 19.1 Å². The van der Waals surface area contributed by atoms with Gasteiger partial charge in [0.15, 0.2) is 5.82 Å². The maximum absolute atomic E-state index is 6.87. The Kier molecular flexibility index (Phi) is 6.15. The highest BCUT2D eigenvalue weighted by Gasteiger charge is 2.25. The summed E-state index contributed by atoms with van der Waals surface area (Å²) in [6, 6.07) is 59.6. The van der Waals surface area contributed by atoms with Crippen LogP contribution in [0.3, 0.4) is 0 Å². The van der Waals surface area contributed by atoms with Gasteiger partial charge in [0.1, 0.15) is 16.0 Å². The molecule has 5 nitrogen and oxygen atoms in total. The van der Waals surface area contributed by atoms with Crippen LogP contribution in [0.15, 0.2) is 174 Å². The van der Waals surface area contributed by atoms with Crippen LogP contribution < -0.4 is 0 Å². The number of hydrogen-bond donors (Lipinski definition) is 0. The van der Waals surface area contributed by atoms with E-state index in [2.05, 4.69) is 179 Å². The highest BCUT2D eigenvalue weighted by Crippen LogP contribution is 2.47. The average molecular weight is 709 g/mol. The quantitative estimate of drug-likeness (QED) is 0.183. The van der Waals surface area contributed by atoms with Crippen LogP contribution in [0, 0.1) is 0 Å². The molecule has 0 amide bonds. The molecule has 5 aromatic heterocycles. The van der Waals surface area contributed by atoms with E-state index in [1.165, 1.54) is 15.6 Å². The zero-order chi connectivity index (χ0) is 35.3. The molecule has 12 aromatic rings. The number of fused-ring (bicyclic) bond motifs is 12. The molecule has 0 fully saturated rings. The first-order chi connectivity index (χ1) is 26.8. The molecule has 0 aliphatic carbocycles. The first-order valence-electron chi connectivity index (χ1n) is 18.1. The van der Waals surface area contributed by atoms with Gasteiger partial charge in [-0.3, -0.25) is 0 Å². The Bertz CT molecular complexity index is 3430. The minimum atomic E-state index is 0.681. The Hall–Kier alpha value is -7.02. The third kappa shape index (κ3) is 4.08. The van der Waals surface area contributed by atoms with Crippen molar-refractivity contribution in [3.05, 3.63) is 170 Å². The summed E-state index contributed by atoms with van der Waals surface area (Å²) in [6.45, 7) is 0. The molecule has 0 aliphatic rings. The Balaban J connectivity index is 1.17. The van der Waals surface area contributed by atoms with Gasteiger partial charge in [-0.25, -0.2) is 9.97 Å². The first-order valence-corrected chi connectivity index (χ1v) is 18.9. The molecule has 0 atom stereocenters. The fourth-order valence-electron chi connectivity index (χ4n) is 8.51. The van der Waals surface area contributed by atoms with Crippen molar-refractivity contribution in [2.24, 2.45) is 0 Å². The lowest BCUT2D eigenvalue weighted by atomic mass is 10.0. The molecule has 0 saturated carbocycles. The lowest BCUT2D eigenvalue weighted by Gasteiger charge is -2.11. The highest BCUT2D eigenvalue weighted by molar-refractivity contribution is 7.26. The van der Waals surface area contributed by atoms with Gasteiger partial charge >= 0.3 is 0 Å². The van der Waals surface area contributed by atoms with Crippen LogP contribution >= 0.6 is 11.3 Å². The van der Waals surface area contributed by atoms with E-state index in [0.717, 1.165) is 87.7 Å². The highest BCUT2D eigenvalue weighted by atomic mass is 32.1. The van der Waals surface area contributed by atoms with Gasteiger partial charge in [-0.2, -0.15) is 0 Å². The van der Waals surface area contributed by atoms with E-state index in [4.69, 9.17) is 14.4 Å². The molecule has 0 aliphatic heterocycles. The smallest absolute Gasteiger partial charge is 0.162 e. The van der Waals surface area contributed by atoms with Crippen LogP contribution in [-0.4, -0.2) is 19.1 Å². The number of furan rings is 1. The van der Waals surface area contributed by atoms with Crippen molar-refractivity contribution < 1.29 is 4.42 Å². The third-order valence-corrected chi connectivity index (χ3v) is 11.9. The molecule has 0 unspecified atom stereocenters. The van der Waals surface area contributed by atoms with Gasteiger partial charge in [0, 0.05) is 44.0 Å². The molecule has 0 radical (unpaired) electrons. The van der Waals surface area contributed by atoms with Crippen LogP contribution in [0.25, 0.3) is 109 Å². The SMILES string of the molecule is c1ccc(-c2nc(-c3cccc4oc5c(ccc6c5c5ccccc5n6-c5ccccc5)c34)nc3sc4c5ccccc5n(-c5ccccc5)c4c23)cc1. The fourth-order valence-corrected chi connectivity index (χ4v) is 9.70. The molecule has 54 heavy (non-hydrogen) atoms. The number of benzene rings is 7. The molecular weight excluding hydrogens is 681 g/mol. The molecule has 0 spiro atoms. The number of hydrogen-bond acceptors (Lipinski definition) is 4. The minimum absolute atomic E-state index is 0.681. The summed E-state index contributed by atoms with van der Waals surface area (Å²) in [7, 11) is 0. The van der Waals surface area contributed by atoms with Crippen molar-refractivity contribution in [3.63, 3.8) is 0 Å². The van der Waals surface area contributed by atoms with Crippen molar-refractivity contribution in [2.45, 2.75) is 0 Å². The number of nitrogens with zero attached hydrogens (tertiary/aromatic N) is 4. The van der Waals surface area contributed by atoms with Gasteiger partial charge < -0.3 is 13.6 Å². The average Bonchev–Trinajstić information content (AvgIpc) is 3.98. The first kappa shape index (κ1) is 29.5. The van der Waals surface area contributed by atoms with E-state index in [0.29, 0.717) is 5.82 Å². The summed E-state index contributed by atoms with van der Waals surface area (Å²) in [4.78, 5) is 11.9. The lowest BCUT2D eigenvalue weighted by molar-refractivity contribution is 0.673. The van der Waals surface area contributed by atoms with Crippen LogP contribution in [-0.2, 0) is 0 Å². The summed E-state index contributed by atoms with van der Waals surface area (Å²) < 4.78 is 12.8. The van der Waals surface area contributed by atoms with Crippen LogP contribution in [0.2, 0.25) is 0 Å². The predicted octanol–water partition coefficient (Wildman–Crippen LogP) is 13.1. The second-order valence-corrected chi connectivity index (χ2v) is 14.7. The zero-order valence-corrected chi connectivity index (χ0v) is 29.6. The summed E-state index contributed by atoms with van der Waals surface area (Å²) in [5, 5.41) is 6.59. The maximum atomic E-state index is 6.87. The van der Waals surface area contributed by atoms with Gasteiger partial charge in [0.25, 0.3) is 0 Å². The molecule has 6 heteroatoms. The third-order valence-electron chi connectivity index (χ3n) is 10.8. The monoisotopic (exact) mass is 708 g/mol. The number of rotatable bonds is 4. The van der Waals surface area contributed by atoms with E-state index in [9.17, 15) is 0 Å². The molecule has 0 N–H and O–H groups in total. The van der Waals surface area contributed by atoms with E-state index in [1.54, 1.807) is 11.3 Å². The van der Waals surface area contributed by atoms with E-state index in [1.807, 2.05) is 0 Å². The molecule has 0 bridgehead atoms. The molecule has 12 rings (SSSR count). The Morgan fingerprint density at radius 1 is 0.463 bits per heavy atom. The van der Waals surface area contributed by atoms with E-state index < -0.39 is 0 Å². The van der Waals surface area contributed by atoms with Crippen molar-refractivity contribution in [2.75, 3.05) is 0 Å². The van der Waals surface area contributed by atoms with Gasteiger partial charge in [-0.1, -0.05) is 115 Å².